The Morgan fingerprint density at radius 3 is 2.73 bits per heavy atom. The molecule has 1 aromatic heterocycles. The van der Waals surface area contributed by atoms with Gasteiger partial charge in [-0.2, -0.15) is 0 Å². The van der Waals surface area contributed by atoms with Crippen LogP contribution in [0, 0.1) is 0 Å². The number of ether oxygens (including phenoxy) is 2. The monoisotopic (exact) mass is 412 g/mol. The van der Waals surface area contributed by atoms with Gasteiger partial charge >= 0.3 is 0 Å². The van der Waals surface area contributed by atoms with E-state index in [0.29, 0.717) is 25.2 Å². The number of aromatic nitrogens is 2. The highest BCUT2D eigenvalue weighted by molar-refractivity contribution is 5.96. The van der Waals surface area contributed by atoms with Crippen LogP contribution in [-0.4, -0.2) is 53.8 Å². The number of carbonyl (C=O) groups is 2. The van der Waals surface area contributed by atoms with Gasteiger partial charge in [-0.25, -0.2) is 4.98 Å². The lowest BCUT2D eigenvalue weighted by molar-refractivity contribution is -0.122. The average Bonchev–Trinajstić information content (AvgIpc) is 3.15. The molecule has 0 unspecified atom stereocenters. The zero-order chi connectivity index (χ0) is 20.9. The largest absolute Gasteiger partial charge is 0.491 e. The molecule has 0 atom stereocenters. The number of nitrogens with zero attached hydrogens (tertiary/aromatic N) is 2. The van der Waals surface area contributed by atoms with Crippen LogP contribution in [0.25, 0.3) is 11.3 Å². The van der Waals surface area contributed by atoms with Gasteiger partial charge in [-0.3, -0.25) is 9.59 Å². The molecule has 8 heteroatoms. The lowest BCUT2D eigenvalue weighted by Gasteiger charge is -2.29. The molecule has 1 aliphatic heterocycles. The van der Waals surface area contributed by atoms with E-state index in [-0.39, 0.29) is 23.9 Å². The second-order valence-electron chi connectivity index (χ2n) is 7.86. The Labute approximate surface area is 176 Å². The summed E-state index contributed by atoms with van der Waals surface area (Å²) in [5.41, 5.74) is 2.46. The van der Waals surface area contributed by atoms with Crippen molar-refractivity contribution in [1.82, 2.24) is 20.2 Å². The summed E-state index contributed by atoms with van der Waals surface area (Å²) < 4.78 is 12.8. The normalized spacial score (nSPS) is 20.3. The maximum absolute atomic E-state index is 12.9. The predicted molar refractivity (Wildman–Crippen MR) is 111 cm³/mol. The lowest BCUT2D eigenvalue weighted by Crippen LogP contribution is -2.44. The summed E-state index contributed by atoms with van der Waals surface area (Å²) in [6.45, 7) is 1.74. The zero-order valence-electron chi connectivity index (χ0n) is 17.2. The first-order valence-corrected chi connectivity index (χ1v) is 10.5. The smallest absolute Gasteiger partial charge is 0.251 e. The number of imidazole rings is 1. The van der Waals surface area contributed by atoms with E-state index in [4.69, 9.17) is 9.47 Å². The lowest BCUT2D eigenvalue weighted by atomic mass is 9.90. The van der Waals surface area contributed by atoms with E-state index in [1.165, 1.54) is 0 Å². The fourth-order valence-corrected chi connectivity index (χ4v) is 4.12. The minimum Gasteiger partial charge on any atom is -0.491 e. The van der Waals surface area contributed by atoms with Crippen LogP contribution in [0.4, 0.5) is 0 Å². The third-order valence-corrected chi connectivity index (χ3v) is 5.78. The van der Waals surface area contributed by atoms with Crippen LogP contribution in [0.1, 0.15) is 42.5 Å². The van der Waals surface area contributed by atoms with Crippen molar-refractivity contribution in [3.05, 3.63) is 36.3 Å². The molecule has 1 aromatic carbocycles. The van der Waals surface area contributed by atoms with E-state index < -0.39 is 0 Å². The molecule has 2 heterocycles. The Kier molecular flexibility index (Phi) is 6.32. The minimum absolute atomic E-state index is 0.0239. The molecule has 0 radical (unpaired) electrons. The number of nitrogens with one attached hydrogen (secondary N) is 2. The van der Waals surface area contributed by atoms with Crippen molar-refractivity contribution in [3.63, 3.8) is 0 Å². The first-order valence-electron chi connectivity index (χ1n) is 10.5. The number of hydrogen-bond acceptors (Lipinski definition) is 5. The van der Waals surface area contributed by atoms with Crippen LogP contribution in [0.2, 0.25) is 0 Å². The number of hydrogen-bond donors (Lipinski definition) is 2. The highest BCUT2D eigenvalue weighted by Crippen LogP contribution is 2.33. The molecule has 0 bridgehead atoms. The van der Waals surface area contributed by atoms with Crippen LogP contribution in [0.15, 0.2) is 30.7 Å². The van der Waals surface area contributed by atoms with Gasteiger partial charge in [0.2, 0.25) is 5.91 Å². The van der Waals surface area contributed by atoms with Crippen LogP contribution in [-0.2, 0) is 16.1 Å². The summed E-state index contributed by atoms with van der Waals surface area (Å²) in [4.78, 5) is 28.9. The average molecular weight is 412 g/mol. The summed E-state index contributed by atoms with van der Waals surface area (Å²) in [7, 11) is 1.59. The summed E-state index contributed by atoms with van der Waals surface area (Å²) in [5, 5.41) is 6.20. The summed E-state index contributed by atoms with van der Waals surface area (Å²) in [6.07, 6.45) is 7.39. The second-order valence-corrected chi connectivity index (χ2v) is 7.86. The van der Waals surface area contributed by atoms with Gasteiger partial charge in [-0.05, 0) is 43.9 Å². The standard InChI is InChI=1S/C22H28N4O4/c1-29-10-8-21(27)24-16-3-5-17(6-4-16)25-22(28)15-2-7-20-18(12-15)19-13-23-14-26(19)9-11-30-20/h2,7,12-14,16-17H,3-6,8-11H2,1H3,(H,24,27)(H,25,28). The predicted octanol–water partition coefficient (Wildman–Crippen LogP) is 2.14. The molecule has 1 saturated carbocycles. The van der Waals surface area contributed by atoms with Crippen molar-refractivity contribution in [2.24, 2.45) is 0 Å². The third kappa shape index (κ3) is 4.64. The van der Waals surface area contributed by atoms with Crippen LogP contribution < -0.4 is 15.4 Å². The molecular formula is C22H28N4O4. The van der Waals surface area contributed by atoms with E-state index in [1.54, 1.807) is 19.6 Å². The Balaban J connectivity index is 1.34. The number of carbonyl (C=O) groups excluding carboxylic acids is 2. The Hall–Kier alpha value is -2.87. The first kappa shape index (κ1) is 20.4. The van der Waals surface area contributed by atoms with Gasteiger partial charge in [0, 0.05) is 36.7 Å². The van der Waals surface area contributed by atoms with Gasteiger partial charge in [-0.15, -0.1) is 0 Å². The molecule has 4 rings (SSSR count). The zero-order valence-corrected chi connectivity index (χ0v) is 17.2. The molecule has 2 aliphatic rings. The molecule has 8 nitrogen and oxygen atoms in total. The van der Waals surface area contributed by atoms with Gasteiger partial charge in [0.15, 0.2) is 0 Å². The Morgan fingerprint density at radius 1 is 1.20 bits per heavy atom. The van der Waals surface area contributed by atoms with Crippen molar-refractivity contribution in [1.29, 1.82) is 0 Å². The number of fused-ring (bicyclic) bond motifs is 3. The van der Waals surface area contributed by atoms with Crippen molar-refractivity contribution in [2.45, 2.75) is 50.7 Å². The molecule has 1 fully saturated rings. The fourth-order valence-electron chi connectivity index (χ4n) is 4.12. The molecule has 2 aromatic rings. The van der Waals surface area contributed by atoms with Crippen LogP contribution in [0.5, 0.6) is 5.75 Å². The van der Waals surface area contributed by atoms with Crippen LogP contribution >= 0.6 is 0 Å². The summed E-state index contributed by atoms with van der Waals surface area (Å²) in [6, 6.07) is 5.84. The van der Waals surface area contributed by atoms with E-state index in [2.05, 4.69) is 15.6 Å². The molecular weight excluding hydrogens is 384 g/mol. The summed E-state index contributed by atoms with van der Waals surface area (Å²) in [5.74, 6) is 0.715. The van der Waals surface area contributed by atoms with Gasteiger partial charge in [0.25, 0.3) is 5.91 Å². The van der Waals surface area contributed by atoms with Crippen LogP contribution in [0.3, 0.4) is 0 Å². The van der Waals surface area contributed by atoms with Gasteiger partial charge in [-0.1, -0.05) is 0 Å². The molecule has 2 amide bonds. The molecule has 2 N–H and O–H groups in total. The quantitative estimate of drug-likeness (QED) is 0.758. The fraction of sp³-hybridized carbons (Fsp3) is 0.500. The van der Waals surface area contributed by atoms with E-state index in [9.17, 15) is 9.59 Å². The Bertz CT molecular complexity index is 902. The Morgan fingerprint density at radius 2 is 1.97 bits per heavy atom. The van der Waals surface area contributed by atoms with Crippen molar-refractivity contribution < 1.29 is 19.1 Å². The second kappa shape index (κ2) is 9.30. The molecule has 0 saturated heterocycles. The van der Waals surface area contributed by atoms with Gasteiger partial charge in [0.05, 0.1) is 31.4 Å². The van der Waals surface area contributed by atoms with Gasteiger partial charge < -0.3 is 24.7 Å². The van der Waals surface area contributed by atoms with Gasteiger partial charge in [0.1, 0.15) is 12.4 Å². The summed E-state index contributed by atoms with van der Waals surface area (Å²) >= 11 is 0. The maximum Gasteiger partial charge on any atom is 0.251 e. The van der Waals surface area contributed by atoms with Crippen molar-refractivity contribution >= 4 is 11.8 Å². The molecule has 1 aliphatic carbocycles. The van der Waals surface area contributed by atoms with E-state index in [0.717, 1.165) is 49.2 Å². The maximum atomic E-state index is 12.9. The number of benzene rings is 1. The minimum atomic E-state index is -0.0827. The number of amides is 2. The molecule has 160 valence electrons. The first-order chi connectivity index (χ1) is 14.6. The van der Waals surface area contributed by atoms with E-state index in [1.807, 2.05) is 22.8 Å². The molecule has 30 heavy (non-hydrogen) atoms. The van der Waals surface area contributed by atoms with Crippen molar-refractivity contribution in [3.8, 4) is 17.0 Å². The number of rotatable bonds is 6. The highest BCUT2D eigenvalue weighted by atomic mass is 16.5. The number of methoxy groups -OCH3 is 1. The third-order valence-electron chi connectivity index (χ3n) is 5.78. The molecule has 0 spiro atoms. The highest BCUT2D eigenvalue weighted by Gasteiger charge is 2.24. The van der Waals surface area contributed by atoms with Crippen molar-refractivity contribution in [2.75, 3.05) is 20.3 Å². The van der Waals surface area contributed by atoms with E-state index >= 15 is 0 Å². The topological polar surface area (TPSA) is 94.5 Å². The SMILES string of the molecule is COCCC(=O)NC1CCC(NC(=O)c2ccc3c(c2)-c2cncn2CCO3)CC1.